The molecule has 54 heavy (non-hydrogen) atoms. The van der Waals surface area contributed by atoms with Gasteiger partial charge in [-0.15, -0.1) is 0 Å². The van der Waals surface area contributed by atoms with Crippen LogP contribution in [0.25, 0.3) is 40.0 Å². The van der Waals surface area contributed by atoms with Crippen LogP contribution < -0.4 is 0 Å². The third-order valence-electron chi connectivity index (χ3n) is 12.4. The number of aryl methyl sites for hydroxylation is 3. The molecule has 1 aromatic heterocycles. The summed E-state index contributed by atoms with van der Waals surface area (Å²) in [6, 6.07) is 31.9. The van der Waals surface area contributed by atoms with E-state index in [0.717, 1.165) is 23.5 Å². The number of halogens is 2. The molecule has 0 fully saturated rings. The van der Waals surface area contributed by atoms with Crippen LogP contribution in [0.2, 0.25) is 13.1 Å². The molecular formula is C49H56Cl2OSiZr. The van der Waals surface area contributed by atoms with Crippen LogP contribution >= 0.6 is 17.0 Å². The predicted octanol–water partition coefficient (Wildman–Crippen LogP) is 15.5. The van der Waals surface area contributed by atoms with Gasteiger partial charge in [-0.1, -0.05) is 0 Å². The first kappa shape index (κ1) is 39.6. The SMILES string of the molecule is CCC1=Cc2c(ccc(C)c2-c2ccc(C(C)(C)C)cc2)[CH]1[Zr]([Cl])([Cl])([CH]1C(c2ccc(C)o2)=Cc2c1ccc(C)c2-c1ccc(C(C)(C)C)cc1)=[Si](C)C. The molecule has 0 radical (unpaired) electrons. The molecule has 2 aliphatic carbocycles. The molecule has 0 bridgehead atoms. The minimum atomic E-state index is -5.14. The van der Waals surface area contributed by atoms with Gasteiger partial charge in [0, 0.05) is 0 Å². The summed E-state index contributed by atoms with van der Waals surface area (Å²) in [5, 5.41) is 0. The van der Waals surface area contributed by atoms with E-state index in [1.165, 1.54) is 72.3 Å². The van der Waals surface area contributed by atoms with E-state index in [0.29, 0.717) is 0 Å². The van der Waals surface area contributed by atoms with Crippen LogP contribution in [0, 0.1) is 20.8 Å². The summed E-state index contributed by atoms with van der Waals surface area (Å²) >= 11 is -5.14. The molecule has 280 valence electrons. The Balaban J connectivity index is 1.48. The predicted molar refractivity (Wildman–Crippen MR) is 235 cm³/mol. The van der Waals surface area contributed by atoms with Crippen molar-refractivity contribution in [1.29, 1.82) is 0 Å². The van der Waals surface area contributed by atoms with Gasteiger partial charge in [0.1, 0.15) is 0 Å². The van der Waals surface area contributed by atoms with E-state index >= 15 is 0 Å². The van der Waals surface area contributed by atoms with Crippen molar-refractivity contribution in [2.24, 2.45) is 0 Å². The molecule has 0 N–H and O–H groups in total. The molecule has 0 amide bonds. The normalized spacial score (nSPS) is 17.3. The van der Waals surface area contributed by atoms with Crippen LogP contribution in [0.4, 0.5) is 0 Å². The van der Waals surface area contributed by atoms with E-state index in [-0.39, 0.29) is 18.1 Å². The second kappa shape index (κ2) is 13.8. The molecule has 0 spiro atoms. The summed E-state index contributed by atoms with van der Waals surface area (Å²) in [7, 11) is 17.7. The number of fused-ring (bicyclic) bond motifs is 2. The Morgan fingerprint density at radius 1 is 0.611 bits per heavy atom. The number of rotatable bonds is 6. The van der Waals surface area contributed by atoms with E-state index in [9.17, 15) is 0 Å². The van der Waals surface area contributed by atoms with Crippen LogP contribution in [0.15, 0.2) is 94.9 Å². The van der Waals surface area contributed by atoms with Gasteiger partial charge >= 0.3 is 335 Å². The third-order valence-corrected chi connectivity index (χ3v) is 58.8. The Bertz CT molecular complexity index is 2430. The number of hydrogen-bond acceptors (Lipinski definition) is 1. The van der Waals surface area contributed by atoms with Crippen LogP contribution in [0.5, 0.6) is 0 Å². The molecule has 5 heteroatoms. The summed E-state index contributed by atoms with van der Waals surface area (Å²) in [5.74, 6) is 1.78. The molecule has 2 atom stereocenters. The average molecular weight is 851 g/mol. The monoisotopic (exact) mass is 848 g/mol. The Morgan fingerprint density at radius 3 is 1.48 bits per heavy atom. The van der Waals surface area contributed by atoms with Crippen molar-refractivity contribution in [1.82, 2.24) is 0 Å². The maximum atomic E-state index is 8.84. The quantitative estimate of drug-likeness (QED) is 0.155. The summed E-state index contributed by atoms with van der Waals surface area (Å²) < 4.78 is 6.39. The summed E-state index contributed by atoms with van der Waals surface area (Å²) in [4.78, 5) is 0. The number of benzene rings is 4. The van der Waals surface area contributed by atoms with Gasteiger partial charge in [0.05, 0.1) is 0 Å². The second-order valence-electron chi connectivity index (χ2n) is 18.3. The fraction of sp³-hybridized carbons (Fsp3) is 0.347. The number of allylic oxidation sites excluding steroid dienone is 2. The summed E-state index contributed by atoms with van der Waals surface area (Å²) in [5.41, 5.74) is 16.7. The zero-order valence-corrected chi connectivity index (χ0v) is 39.2. The van der Waals surface area contributed by atoms with Gasteiger partial charge in [-0.2, -0.15) is 0 Å². The van der Waals surface area contributed by atoms with Crippen LogP contribution in [-0.4, -0.2) is 5.43 Å². The van der Waals surface area contributed by atoms with E-state index in [2.05, 4.69) is 172 Å². The maximum absolute atomic E-state index is 8.84. The van der Waals surface area contributed by atoms with E-state index in [1.54, 1.807) is 0 Å². The molecule has 4 aromatic carbocycles. The Morgan fingerprint density at radius 2 is 1.07 bits per heavy atom. The average Bonchev–Trinajstić information content (AvgIpc) is 3.83. The van der Waals surface area contributed by atoms with Crippen molar-refractivity contribution in [2.45, 2.75) is 107 Å². The Kier molecular flexibility index (Phi) is 10.1. The molecule has 0 saturated heterocycles. The fourth-order valence-corrected chi connectivity index (χ4v) is 37.8. The Labute approximate surface area is 332 Å². The zero-order valence-electron chi connectivity index (χ0n) is 34.3. The van der Waals surface area contributed by atoms with Crippen LogP contribution in [-0.2, 0) is 25.8 Å². The molecule has 5 aromatic rings. The molecule has 0 saturated carbocycles. The number of furan rings is 1. The molecule has 2 unspecified atom stereocenters. The summed E-state index contributed by atoms with van der Waals surface area (Å²) in [6.45, 7) is 27.2. The molecule has 1 heterocycles. The fourth-order valence-electron chi connectivity index (χ4n) is 9.27. The third kappa shape index (κ3) is 6.38. The van der Waals surface area contributed by atoms with Crippen LogP contribution in [0.1, 0.15) is 118 Å². The summed E-state index contributed by atoms with van der Waals surface area (Å²) in [6.07, 6.45) is 5.76. The van der Waals surface area contributed by atoms with Gasteiger partial charge in [-0.25, -0.2) is 0 Å². The van der Waals surface area contributed by atoms with Crippen molar-refractivity contribution in [3.8, 4) is 22.3 Å². The number of hydrogen-bond donors (Lipinski definition) is 0. The first-order valence-electron chi connectivity index (χ1n) is 19.6. The minimum absolute atomic E-state index is 0.0157. The molecular weight excluding hydrogens is 795 g/mol. The topological polar surface area (TPSA) is 13.1 Å². The van der Waals surface area contributed by atoms with Gasteiger partial charge in [0.15, 0.2) is 0 Å². The van der Waals surface area contributed by atoms with Crippen molar-refractivity contribution >= 4 is 40.2 Å². The van der Waals surface area contributed by atoms with Gasteiger partial charge in [-0.05, 0) is 0 Å². The first-order valence-corrected chi connectivity index (χ1v) is 35.0. The van der Waals surface area contributed by atoms with Crippen molar-refractivity contribution in [2.75, 3.05) is 0 Å². The first-order chi connectivity index (χ1) is 25.2. The van der Waals surface area contributed by atoms with Gasteiger partial charge in [-0.3, -0.25) is 0 Å². The second-order valence-corrected chi connectivity index (χ2v) is 57.1. The van der Waals surface area contributed by atoms with Crippen molar-refractivity contribution in [3.05, 3.63) is 147 Å². The molecule has 2 aliphatic rings. The zero-order chi connectivity index (χ0) is 39.1. The van der Waals surface area contributed by atoms with Crippen molar-refractivity contribution < 1.29 is 19.4 Å². The van der Waals surface area contributed by atoms with Crippen molar-refractivity contribution in [3.63, 3.8) is 0 Å². The van der Waals surface area contributed by atoms with E-state index < -0.39 is 20.4 Å². The standard InChI is InChI=1S/C25H25O.C22H25.C2H6Si.2ClH.Zr/c1-16-6-8-19-14-20(23-13-7-17(2)26-23)15-22(19)24(16)18-9-11-21(12-10-18)25(3,4)5;1-6-16-13-18-8-7-15(2)21(20(18)14-16)17-9-11-19(12-10-17)22(3,4)5;1-3-2;;;/h6-15H,1-5H3;7-14H,6H2,1-5H3;1-2H3;2*1H;/q;;;;;+2/p-2. The Hall–Kier alpha value is -2.68. The molecule has 7 rings (SSSR count). The van der Waals surface area contributed by atoms with E-state index in [1.807, 2.05) is 6.92 Å². The van der Waals surface area contributed by atoms with Gasteiger partial charge in [0.2, 0.25) is 0 Å². The molecule has 1 nitrogen and oxygen atoms in total. The van der Waals surface area contributed by atoms with Gasteiger partial charge < -0.3 is 0 Å². The van der Waals surface area contributed by atoms with Crippen LogP contribution in [0.3, 0.4) is 0 Å². The van der Waals surface area contributed by atoms with E-state index in [4.69, 9.17) is 21.4 Å². The molecule has 0 aliphatic heterocycles. The van der Waals surface area contributed by atoms with Gasteiger partial charge in [0.25, 0.3) is 0 Å².